The first kappa shape index (κ1) is 23.4. The zero-order valence-electron chi connectivity index (χ0n) is 19.4. The number of nitrogens with one attached hydrogen (secondary N) is 2. The highest BCUT2D eigenvalue weighted by atomic mass is 19.1. The Morgan fingerprint density at radius 3 is 2.42 bits per heavy atom. The third kappa shape index (κ3) is 6.41. The van der Waals surface area contributed by atoms with Crippen molar-refractivity contribution in [2.24, 2.45) is 0 Å². The maximum absolute atomic E-state index is 13.2. The smallest absolute Gasteiger partial charge is 0.251 e. The van der Waals surface area contributed by atoms with E-state index in [0.29, 0.717) is 23.9 Å². The number of carbonyl (C=O) groups excluding carboxylic acids is 2. The van der Waals surface area contributed by atoms with E-state index < -0.39 is 6.04 Å². The van der Waals surface area contributed by atoms with Gasteiger partial charge in [0.1, 0.15) is 11.9 Å². The highest BCUT2D eigenvalue weighted by molar-refractivity contribution is 5.97. The van der Waals surface area contributed by atoms with E-state index in [1.165, 1.54) is 35.4 Å². The molecule has 0 unspecified atom stereocenters. The monoisotopic (exact) mass is 451 g/mol. The van der Waals surface area contributed by atoms with Gasteiger partial charge in [0.25, 0.3) is 5.91 Å². The van der Waals surface area contributed by atoms with Gasteiger partial charge in [-0.1, -0.05) is 29.8 Å². The predicted molar refractivity (Wildman–Crippen MR) is 128 cm³/mol. The summed E-state index contributed by atoms with van der Waals surface area (Å²) in [7, 11) is 0. The topological polar surface area (TPSA) is 61.4 Å². The minimum atomic E-state index is -0.561. The quantitative estimate of drug-likeness (QED) is 0.563. The van der Waals surface area contributed by atoms with Crippen molar-refractivity contribution in [3.05, 3.63) is 71.0 Å². The molecule has 1 aliphatic carbocycles. The van der Waals surface area contributed by atoms with Crippen molar-refractivity contribution in [3.63, 3.8) is 0 Å². The van der Waals surface area contributed by atoms with E-state index in [1.54, 1.807) is 0 Å². The summed E-state index contributed by atoms with van der Waals surface area (Å²) in [6, 6.07) is 14.1. The van der Waals surface area contributed by atoms with Crippen molar-refractivity contribution < 1.29 is 14.0 Å². The van der Waals surface area contributed by atoms with Crippen LogP contribution in [0.15, 0.2) is 48.5 Å². The zero-order valence-corrected chi connectivity index (χ0v) is 19.4. The molecule has 3 atom stereocenters. The fourth-order valence-electron chi connectivity index (χ4n) is 4.63. The Hall–Kier alpha value is -2.73. The number of likely N-dealkylation sites (tertiary alicyclic amines) is 1. The molecule has 0 bridgehead atoms. The van der Waals surface area contributed by atoms with Gasteiger partial charge in [0.05, 0.1) is 0 Å². The number of amides is 2. The molecule has 33 heavy (non-hydrogen) atoms. The Labute approximate surface area is 195 Å². The molecule has 2 N–H and O–H groups in total. The summed E-state index contributed by atoms with van der Waals surface area (Å²) in [5.41, 5.74) is 3.02. The Bertz CT molecular complexity index is 939. The molecular formula is C27H34FN3O2. The van der Waals surface area contributed by atoms with E-state index in [4.69, 9.17) is 0 Å². The van der Waals surface area contributed by atoms with Gasteiger partial charge in [0.15, 0.2) is 0 Å². The number of carbonyl (C=O) groups is 2. The van der Waals surface area contributed by atoms with Crippen molar-refractivity contribution >= 4 is 11.8 Å². The van der Waals surface area contributed by atoms with Crippen LogP contribution in [-0.4, -0.2) is 48.4 Å². The molecule has 2 amide bonds. The van der Waals surface area contributed by atoms with Crippen LogP contribution >= 0.6 is 0 Å². The van der Waals surface area contributed by atoms with Crippen LogP contribution in [0.1, 0.15) is 65.9 Å². The van der Waals surface area contributed by atoms with Gasteiger partial charge >= 0.3 is 0 Å². The number of nitrogens with zero attached hydrogens (tertiary/aromatic N) is 1. The largest absolute Gasteiger partial charge is 0.341 e. The second-order valence-corrected chi connectivity index (χ2v) is 9.37. The highest BCUT2D eigenvalue weighted by Crippen LogP contribution is 2.40. The molecule has 6 heteroatoms. The fourth-order valence-corrected chi connectivity index (χ4v) is 4.63. The number of halogens is 1. The van der Waals surface area contributed by atoms with Crippen molar-refractivity contribution in [2.75, 3.05) is 19.6 Å². The van der Waals surface area contributed by atoms with Crippen molar-refractivity contribution in [3.8, 4) is 0 Å². The number of hydrogen-bond donors (Lipinski definition) is 2. The molecule has 2 aromatic carbocycles. The first-order chi connectivity index (χ1) is 16.0. The molecule has 4 rings (SSSR count). The standard InChI is InChI=1S/C27H34FN3O2/c1-19-7-9-20(10-8-19)23-18-25(23)29-15-5-6-24(27(33)31-16-3-2-4-17-31)30-26(32)21-11-13-22(28)14-12-21/h7-14,23-25,29H,2-6,15-18H2,1H3,(H,30,32)/t23-,24-,25+/m0/s1. The molecule has 2 aromatic rings. The van der Waals surface area contributed by atoms with E-state index in [9.17, 15) is 14.0 Å². The number of benzene rings is 2. The van der Waals surface area contributed by atoms with E-state index in [-0.39, 0.29) is 17.6 Å². The number of hydrogen-bond acceptors (Lipinski definition) is 3. The van der Waals surface area contributed by atoms with Crippen LogP contribution in [-0.2, 0) is 4.79 Å². The first-order valence-electron chi connectivity index (χ1n) is 12.2. The fraction of sp³-hybridized carbons (Fsp3) is 0.481. The molecule has 176 valence electrons. The third-order valence-electron chi connectivity index (χ3n) is 6.75. The van der Waals surface area contributed by atoms with E-state index >= 15 is 0 Å². The average Bonchev–Trinajstić information content (AvgIpc) is 3.61. The average molecular weight is 452 g/mol. The van der Waals surface area contributed by atoms with Gasteiger partial charge in [0.2, 0.25) is 5.91 Å². The van der Waals surface area contributed by atoms with Gasteiger partial charge in [-0.3, -0.25) is 9.59 Å². The summed E-state index contributed by atoms with van der Waals surface area (Å²) in [5.74, 6) is -0.161. The molecule has 1 saturated heterocycles. The molecule has 0 spiro atoms. The third-order valence-corrected chi connectivity index (χ3v) is 6.75. The minimum absolute atomic E-state index is 0.00545. The Kier molecular flexibility index (Phi) is 7.76. The molecule has 2 aliphatic rings. The summed E-state index contributed by atoms with van der Waals surface area (Å²) >= 11 is 0. The number of piperidine rings is 1. The highest BCUT2D eigenvalue weighted by Gasteiger charge is 2.37. The van der Waals surface area contributed by atoms with Gasteiger partial charge in [-0.05, 0) is 81.8 Å². The lowest BCUT2D eigenvalue weighted by molar-refractivity contribution is -0.134. The molecular weight excluding hydrogens is 417 g/mol. The van der Waals surface area contributed by atoms with Gasteiger partial charge in [-0.15, -0.1) is 0 Å². The first-order valence-corrected chi connectivity index (χ1v) is 12.2. The van der Waals surface area contributed by atoms with Crippen LogP contribution in [0.25, 0.3) is 0 Å². The Morgan fingerprint density at radius 2 is 1.73 bits per heavy atom. The lowest BCUT2D eigenvalue weighted by Gasteiger charge is -2.31. The van der Waals surface area contributed by atoms with Gasteiger partial charge in [-0.2, -0.15) is 0 Å². The molecule has 1 heterocycles. The van der Waals surface area contributed by atoms with Crippen LogP contribution in [0.5, 0.6) is 0 Å². The number of rotatable bonds is 9. The van der Waals surface area contributed by atoms with Crippen LogP contribution in [0.4, 0.5) is 4.39 Å². The minimum Gasteiger partial charge on any atom is -0.341 e. The molecule has 5 nitrogen and oxygen atoms in total. The molecule has 1 aliphatic heterocycles. The normalized spacial score (nSPS) is 20.8. The molecule has 2 fully saturated rings. The lowest BCUT2D eigenvalue weighted by atomic mass is 10.1. The molecule has 1 saturated carbocycles. The van der Waals surface area contributed by atoms with Gasteiger partial charge in [-0.25, -0.2) is 4.39 Å². The summed E-state index contributed by atoms with van der Waals surface area (Å²) in [5, 5.41) is 6.52. The van der Waals surface area contributed by atoms with Crippen molar-refractivity contribution in [2.45, 2.75) is 63.5 Å². The Balaban J connectivity index is 1.29. The van der Waals surface area contributed by atoms with Crippen LogP contribution in [0, 0.1) is 12.7 Å². The number of aryl methyl sites for hydroxylation is 1. The molecule has 0 radical (unpaired) electrons. The van der Waals surface area contributed by atoms with Gasteiger partial charge in [0, 0.05) is 30.6 Å². The second-order valence-electron chi connectivity index (χ2n) is 9.37. The van der Waals surface area contributed by atoms with Crippen LogP contribution in [0.2, 0.25) is 0 Å². The van der Waals surface area contributed by atoms with E-state index in [1.807, 2.05) is 4.90 Å². The SMILES string of the molecule is Cc1ccc([C@@H]2C[C@H]2NCCC[C@H](NC(=O)c2ccc(F)cc2)C(=O)N2CCCCC2)cc1. The summed E-state index contributed by atoms with van der Waals surface area (Å²) in [4.78, 5) is 27.7. The molecule has 0 aromatic heterocycles. The maximum Gasteiger partial charge on any atom is 0.251 e. The van der Waals surface area contributed by atoms with E-state index in [2.05, 4.69) is 41.8 Å². The lowest BCUT2D eigenvalue weighted by Crippen LogP contribution is -2.50. The summed E-state index contributed by atoms with van der Waals surface area (Å²) in [6.07, 6.45) is 5.68. The van der Waals surface area contributed by atoms with Crippen molar-refractivity contribution in [1.82, 2.24) is 15.5 Å². The van der Waals surface area contributed by atoms with Gasteiger partial charge < -0.3 is 15.5 Å². The predicted octanol–water partition coefficient (Wildman–Crippen LogP) is 4.17. The summed E-state index contributed by atoms with van der Waals surface area (Å²) in [6.45, 7) is 4.41. The maximum atomic E-state index is 13.2. The zero-order chi connectivity index (χ0) is 23.2. The summed E-state index contributed by atoms with van der Waals surface area (Å²) < 4.78 is 13.2. The van der Waals surface area contributed by atoms with Crippen LogP contribution in [0.3, 0.4) is 0 Å². The Morgan fingerprint density at radius 1 is 1.03 bits per heavy atom. The second kappa shape index (κ2) is 10.9. The van der Waals surface area contributed by atoms with Crippen molar-refractivity contribution in [1.29, 1.82) is 0 Å². The van der Waals surface area contributed by atoms with E-state index in [0.717, 1.165) is 51.7 Å². The van der Waals surface area contributed by atoms with Crippen LogP contribution < -0.4 is 10.6 Å².